The number of carbonyl (C=O) groups excluding carboxylic acids is 2. The first kappa shape index (κ1) is 34.6. The number of nitrogens with one attached hydrogen (secondary N) is 2. The minimum absolute atomic E-state index is 0.0346. The van der Waals surface area contributed by atoms with Gasteiger partial charge in [0.2, 0.25) is 0 Å². The molecule has 1 saturated heterocycles. The van der Waals surface area contributed by atoms with Gasteiger partial charge in [-0.15, -0.1) is 5.10 Å². The molecule has 2 heterocycles. The summed E-state index contributed by atoms with van der Waals surface area (Å²) >= 11 is -1.51. The Bertz CT molecular complexity index is 941. The normalized spacial score (nSPS) is 24.5. The van der Waals surface area contributed by atoms with E-state index in [0.717, 1.165) is 7.11 Å². The number of aliphatic hydroxyl groups excluding tert-OH is 3. The molecule has 1 aliphatic heterocycles. The van der Waals surface area contributed by atoms with Gasteiger partial charge in [-0.1, -0.05) is 5.21 Å². The average molecular weight is 796 g/mol. The second-order valence-corrected chi connectivity index (χ2v) is 15.5. The van der Waals surface area contributed by atoms with Crippen LogP contribution in [0.25, 0.3) is 0 Å². The molecule has 39 heavy (non-hydrogen) atoms. The molecule has 17 nitrogen and oxygen atoms in total. The number of aliphatic hydroxyl groups is 3. The van der Waals surface area contributed by atoms with Crippen molar-refractivity contribution in [3.63, 3.8) is 0 Å². The Morgan fingerprint density at radius 3 is 2.62 bits per heavy atom. The topological polar surface area (TPSA) is 233 Å². The van der Waals surface area contributed by atoms with E-state index < -0.39 is 85.7 Å². The van der Waals surface area contributed by atoms with E-state index in [1.165, 1.54) is 4.68 Å². The molecule has 1 aromatic rings. The number of hydrogen-bond donors (Lipinski definition) is 6. The van der Waals surface area contributed by atoms with Crippen LogP contribution in [0.3, 0.4) is 0 Å². The summed E-state index contributed by atoms with van der Waals surface area (Å²) in [6.07, 6.45) is -4.46. The summed E-state index contributed by atoms with van der Waals surface area (Å²) in [7, 11) is -3.02. The number of rotatable bonds is 18. The number of nitrogens with zero attached hydrogens (tertiary/aromatic N) is 3. The van der Waals surface area contributed by atoms with Crippen molar-refractivity contribution in [1.29, 1.82) is 0 Å². The fourth-order valence-electron chi connectivity index (χ4n) is 3.45. The molecular formula is C20H36N5O12PRa. The second-order valence-electron chi connectivity index (χ2n) is 8.42. The Kier molecular flexibility index (Phi) is 16.0. The summed E-state index contributed by atoms with van der Waals surface area (Å²) in [6, 6.07) is 0. The molecule has 0 bridgehead atoms. The minimum Gasteiger partial charge on any atom is -0.387 e. The van der Waals surface area contributed by atoms with Crippen LogP contribution in [-0.4, -0.2) is 119 Å². The minimum atomic E-state index is -4.08. The van der Waals surface area contributed by atoms with Gasteiger partial charge in [-0.05, 0) is 0 Å². The molecule has 2 rings (SSSR count). The molecule has 0 saturated carbocycles. The van der Waals surface area contributed by atoms with Crippen molar-refractivity contribution in [2.45, 2.75) is 52.1 Å². The summed E-state index contributed by atoms with van der Waals surface area (Å²) < 4.78 is 40.4. The molecule has 1 aliphatic rings. The molecule has 6 unspecified atom stereocenters. The van der Waals surface area contributed by atoms with Gasteiger partial charge in [-0.25, -0.2) is 9.25 Å². The molecule has 0 aliphatic carbocycles. The number of carbonyl (C=O) groups is 2. The van der Waals surface area contributed by atoms with Crippen molar-refractivity contribution in [3.05, 3.63) is 11.9 Å². The Labute approximate surface area is 247 Å². The van der Waals surface area contributed by atoms with Crippen LogP contribution in [0.15, 0.2) is 6.20 Å². The summed E-state index contributed by atoms with van der Waals surface area (Å²) in [5.74, 6) is -0.315. The van der Waals surface area contributed by atoms with Crippen LogP contribution in [0.5, 0.6) is 0 Å². The molecule has 1 aromatic heterocycles. The number of phosphoric acid groups is 1. The van der Waals surface area contributed by atoms with E-state index >= 15 is 0 Å². The molecule has 6 atom stereocenters. The summed E-state index contributed by atoms with van der Waals surface area (Å²) in [4.78, 5) is 32.4. The van der Waals surface area contributed by atoms with Gasteiger partial charge in [-0.3, -0.25) is 9.05 Å². The Balaban J connectivity index is 1.72. The van der Waals surface area contributed by atoms with E-state index in [-0.39, 0.29) is 46.1 Å². The summed E-state index contributed by atoms with van der Waals surface area (Å²) in [5.41, 5.74) is 0.525. The van der Waals surface area contributed by atoms with Crippen molar-refractivity contribution in [2.24, 2.45) is 0 Å². The van der Waals surface area contributed by atoms with Crippen molar-refractivity contribution < 1.29 is 98.2 Å². The van der Waals surface area contributed by atoms with E-state index in [9.17, 15) is 34.4 Å². The van der Waals surface area contributed by atoms with Gasteiger partial charge in [0.25, 0.3) is 0 Å². The standard InChI is InChI=1S/C19H33N5O12P.CH3.Ra/c1-32-37(30,31)35-9-6-24-10-13(22-23-24)2-7-33-18-14(11-25)36-19(17(29)16(18)28)34-8-3-15(27)21-5-4-20-12-26;;/h10,14,16-19,25,28-29H,2-9,11H2,1H3,(H,20,26)(H,21,27)(H,30,31);1H3;. The molecule has 0 aromatic carbocycles. The predicted octanol–water partition coefficient (Wildman–Crippen LogP) is -2.23. The third-order valence-corrected chi connectivity index (χ3v) is 10.2. The smallest absolute Gasteiger partial charge is 0.387 e. The van der Waals surface area contributed by atoms with Crippen LogP contribution < -0.4 is 10.6 Å². The van der Waals surface area contributed by atoms with Gasteiger partial charge >= 0.3 is 143 Å². The molecule has 0 spiro atoms. The number of hydrogen-bond acceptors (Lipinski definition) is 13. The second kappa shape index (κ2) is 18.1. The first-order chi connectivity index (χ1) is 18.6. The molecule has 1 fully saturated rings. The number of aromatic nitrogens is 3. The molecule has 0 radical (unpaired) electrons. The zero-order chi connectivity index (χ0) is 28.8. The van der Waals surface area contributed by atoms with Crippen molar-refractivity contribution >= 4 is 14.7 Å². The van der Waals surface area contributed by atoms with Gasteiger partial charge < -0.3 is 19.8 Å². The maximum atomic E-state index is 11.9. The van der Waals surface area contributed by atoms with E-state index in [1.54, 1.807) is 6.20 Å². The van der Waals surface area contributed by atoms with Crippen molar-refractivity contribution in [1.82, 2.24) is 25.6 Å². The SMILES string of the molecule is COP(=O)(O)OCCn1cc(CCOC2C(CO)OC(OCCC(=O)NCCN[C](=O)[Ra][CH3])C(O)C2O)nn1. The van der Waals surface area contributed by atoms with E-state index in [2.05, 4.69) is 25.5 Å². The first-order valence-electron chi connectivity index (χ1n) is 12.4. The number of ether oxygens (including phenoxy) is 3. The summed E-state index contributed by atoms with van der Waals surface area (Å²) in [6.45, 7) is 0.0924. The van der Waals surface area contributed by atoms with Crippen LogP contribution in [0.2, 0.25) is 1.96 Å². The Morgan fingerprint density at radius 2 is 1.92 bits per heavy atom. The zero-order valence-corrected chi connectivity index (χ0v) is 28.6. The van der Waals surface area contributed by atoms with Gasteiger partial charge in [0.05, 0.1) is 32.1 Å². The van der Waals surface area contributed by atoms with E-state index in [1.807, 2.05) is 1.96 Å². The molecule has 19 heteroatoms. The van der Waals surface area contributed by atoms with Gasteiger partial charge in [0.15, 0.2) is 0 Å². The van der Waals surface area contributed by atoms with Gasteiger partial charge in [0.1, 0.15) is 6.10 Å². The Morgan fingerprint density at radius 1 is 1.18 bits per heavy atom. The average Bonchev–Trinajstić information content (AvgIpc) is 3.37. The van der Waals surface area contributed by atoms with Crippen LogP contribution in [0, 0.1) is 40.6 Å². The Hall–Kier alpha value is -0.582. The summed E-state index contributed by atoms with van der Waals surface area (Å²) in [5, 5.41) is 43.9. The van der Waals surface area contributed by atoms with Crippen LogP contribution in [0.4, 0.5) is 4.79 Å². The van der Waals surface area contributed by atoms with E-state index in [0.29, 0.717) is 18.8 Å². The monoisotopic (exact) mass is 795 g/mol. The van der Waals surface area contributed by atoms with Crippen LogP contribution in [0.1, 0.15) is 12.1 Å². The third kappa shape index (κ3) is 12.4. The fourth-order valence-corrected chi connectivity index (χ4v) is 5.62. The van der Waals surface area contributed by atoms with Crippen molar-refractivity contribution in [2.75, 3.05) is 46.6 Å². The number of phosphoric ester groups is 1. The number of amides is 2. The van der Waals surface area contributed by atoms with Crippen LogP contribution >= 0.6 is 7.82 Å². The maximum absolute atomic E-state index is 11.9. The molecule has 2 amide bonds. The van der Waals surface area contributed by atoms with E-state index in [4.69, 9.17) is 18.7 Å². The van der Waals surface area contributed by atoms with Gasteiger partial charge in [-0.2, -0.15) is 0 Å². The first-order valence-corrected chi connectivity index (χ1v) is 22.6. The molecule has 220 valence electrons. The zero-order valence-electron chi connectivity index (χ0n) is 21.9. The van der Waals surface area contributed by atoms with Crippen molar-refractivity contribution in [3.8, 4) is 0 Å². The third-order valence-electron chi connectivity index (χ3n) is 5.58. The quantitative estimate of drug-likeness (QED) is 0.0683. The predicted molar refractivity (Wildman–Crippen MR) is 127 cm³/mol. The molecule has 6 N–H and O–H groups in total. The van der Waals surface area contributed by atoms with Gasteiger partial charge in [0, 0.05) is 19.7 Å². The van der Waals surface area contributed by atoms with Crippen LogP contribution in [-0.2, 0) is 45.6 Å². The fraction of sp³-hybridized carbons (Fsp3) is 0.800. The molecular weight excluding hydrogens is 759 g/mol.